The number of aromatic amines is 1. The number of hydrogen-bond acceptors (Lipinski definition) is 2. The monoisotopic (exact) mass is 233 g/mol. The van der Waals surface area contributed by atoms with E-state index in [-0.39, 0.29) is 5.91 Å². The predicted molar refractivity (Wildman–Crippen MR) is 62.6 cm³/mol. The molecule has 4 nitrogen and oxygen atoms in total. The standard InChI is InChI=1S/C12H12FN3O/c1-12(2,5-13)14-11(17)10-8-4-6-3-7(6)9(8)15-16-10/h3-4H,5H2,1-2H3,(H,14,17)(H,15,16). The molecule has 1 aromatic rings. The molecular formula is C12H12FN3O. The van der Waals surface area contributed by atoms with E-state index in [1.54, 1.807) is 13.8 Å². The van der Waals surface area contributed by atoms with E-state index in [0.717, 1.165) is 22.0 Å². The minimum absolute atomic E-state index is 0.319. The van der Waals surface area contributed by atoms with Crippen molar-refractivity contribution in [3.8, 4) is 11.1 Å². The van der Waals surface area contributed by atoms with Gasteiger partial charge in [0, 0.05) is 10.9 Å². The van der Waals surface area contributed by atoms with Crippen LogP contribution in [0.1, 0.15) is 24.3 Å². The van der Waals surface area contributed by atoms with Crippen LogP contribution in [0.25, 0.3) is 22.0 Å². The topological polar surface area (TPSA) is 57.8 Å². The average molecular weight is 233 g/mol. The third-order valence-corrected chi connectivity index (χ3v) is 2.90. The Hall–Kier alpha value is -1.91. The van der Waals surface area contributed by atoms with Crippen molar-refractivity contribution < 1.29 is 9.18 Å². The van der Waals surface area contributed by atoms with Gasteiger partial charge in [0.1, 0.15) is 17.9 Å². The summed E-state index contributed by atoms with van der Waals surface area (Å²) in [5.74, 6) is -0.319. The Bertz CT molecular complexity index is 630. The molecule has 3 rings (SSSR count). The number of rotatable bonds is 3. The Labute approximate surface area is 97.2 Å². The number of H-pyrrole nitrogens is 1. The summed E-state index contributed by atoms with van der Waals surface area (Å²) in [6, 6.07) is 3.93. The Morgan fingerprint density at radius 1 is 1.53 bits per heavy atom. The third-order valence-electron chi connectivity index (χ3n) is 2.90. The summed E-state index contributed by atoms with van der Waals surface area (Å²) in [6.07, 6.45) is 0. The number of nitrogens with zero attached hydrogens (tertiary/aromatic N) is 1. The average Bonchev–Trinajstić information content (AvgIpc) is 2.75. The highest BCUT2D eigenvalue weighted by molar-refractivity contribution is 6.14. The fraction of sp³-hybridized carbons (Fsp3) is 0.333. The molecule has 0 radical (unpaired) electrons. The predicted octanol–water partition coefficient (Wildman–Crippen LogP) is 2.02. The number of alkyl halides is 1. The second kappa shape index (κ2) is 3.06. The van der Waals surface area contributed by atoms with E-state index in [9.17, 15) is 9.18 Å². The SMILES string of the molecule is CC(C)(CF)NC(=O)c1[nH]nc2c3cc-3cc12. The summed E-state index contributed by atoms with van der Waals surface area (Å²) in [5, 5.41) is 10.2. The zero-order valence-corrected chi connectivity index (χ0v) is 9.60. The molecule has 5 heteroatoms. The number of amides is 1. The van der Waals surface area contributed by atoms with E-state index in [2.05, 4.69) is 15.5 Å². The number of fused-ring (bicyclic) bond motifs is 3. The van der Waals surface area contributed by atoms with Crippen molar-refractivity contribution >= 4 is 16.8 Å². The van der Waals surface area contributed by atoms with Gasteiger partial charge in [-0.25, -0.2) is 4.39 Å². The van der Waals surface area contributed by atoms with Gasteiger partial charge in [-0.1, -0.05) is 0 Å². The van der Waals surface area contributed by atoms with Crippen molar-refractivity contribution in [3.05, 3.63) is 17.8 Å². The quantitative estimate of drug-likeness (QED) is 0.727. The number of halogens is 1. The summed E-state index contributed by atoms with van der Waals surface area (Å²) in [5.41, 5.74) is 2.60. The molecule has 0 unspecified atom stereocenters. The fourth-order valence-corrected chi connectivity index (χ4v) is 1.87. The molecule has 0 fully saturated rings. The van der Waals surface area contributed by atoms with Gasteiger partial charge < -0.3 is 5.32 Å². The van der Waals surface area contributed by atoms with Gasteiger partial charge in [-0.05, 0) is 31.5 Å². The van der Waals surface area contributed by atoms with Gasteiger partial charge in [-0.3, -0.25) is 9.89 Å². The van der Waals surface area contributed by atoms with Crippen LogP contribution in [0, 0.1) is 0 Å². The molecule has 0 bridgehead atoms. The molecule has 2 aliphatic rings. The Morgan fingerprint density at radius 2 is 2.29 bits per heavy atom. The number of nitrogens with one attached hydrogen (secondary N) is 2. The van der Waals surface area contributed by atoms with Gasteiger partial charge in [0.15, 0.2) is 0 Å². The van der Waals surface area contributed by atoms with Crippen molar-refractivity contribution in [1.82, 2.24) is 15.5 Å². The minimum Gasteiger partial charge on any atom is -0.343 e. The minimum atomic E-state index is -0.858. The smallest absolute Gasteiger partial charge is 0.270 e. The maximum atomic E-state index is 12.7. The fourth-order valence-electron chi connectivity index (χ4n) is 1.87. The highest BCUT2D eigenvalue weighted by Crippen LogP contribution is 2.42. The van der Waals surface area contributed by atoms with Gasteiger partial charge in [-0.2, -0.15) is 5.10 Å². The van der Waals surface area contributed by atoms with Gasteiger partial charge in [-0.15, -0.1) is 0 Å². The largest absolute Gasteiger partial charge is 0.343 e. The Balaban J connectivity index is 1.93. The van der Waals surface area contributed by atoms with Crippen molar-refractivity contribution in [2.45, 2.75) is 19.4 Å². The van der Waals surface area contributed by atoms with E-state index >= 15 is 0 Å². The van der Waals surface area contributed by atoms with Crippen LogP contribution in [0.3, 0.4) is 0 Å². The first-order valence-corrected chi connectivity index (χ1v) is 5.43. The molecular weight excluding hydrogens is 221 g/mol. The van der Waals surface area contributed by atoms with Crippen LogP contribution in [0.2, 0.25) is 0 Å². The molecule has 0 saturated heterocycles. The maximum Gasteiger partial charge on any atom is 0.270 e. The van der Waals surface area contributed by atoms with Gasteiger partial charge in [0.2, 0.25) is 0 Å². The van der Waals surface area contributed by atoms with Crippen LogP contribution in [0.15, 0.2) is 12.1 Å². The van der Waals surface area contributed by atoms with Crippen LogP contribution in [-0.4, -0.2) is 28.3 Å². The van der Waals surface area contributed by atoms with Gasteiger partial charge in [0.25, 0.3) is 5.91 Å². The van der Waals surface area contributed by atoms with Gasteiger partial charge in [0.05, 0.1) is 5.54 Å². The zero-order valence-electron chi connectivity index (χ0n) is 9.60. The van der Waals surface area contributed by atoms with Crippen molar-refractivity contribution in [3.63, 3.8) is 0 Å². The summed E-state index contributed by atoms with van der Waals surface area (Å²) in [4.78, 5) is 12.0. The lowest BCUT2D eigenvalue weighted by atomic mass is 10.1. The number of benzene rings is 1. The highest BCUT2D eigenvalue weighted by atomic mass is 19.1. The first kappa shape index (κ1) is 10.3. The summed E-state index contributed by atoms with van der Waals surface area (Å²) in [6.45, 7) is 2.67. The van der Waals surface area contributed by atoms with E-state index in [0.29, 0.717) is 5.69 Å². The molecule has 1 aromatic heterocycles. The normalized spacial score (nSPS) is 12.9. The molecule has 2 N–H and O–H groups in total. The summed E-state index contributed by atoms with van der Waals surface area (Å²) in [7, 11) is 0. The third kappa shape index (κ3) is 1.50. The number of aromatic nitrogens is 2. The van der Waals surface area contributed by atoms with Crippen LogP contribution in [0.4, 0.5) is 4.39 Å². The zero-order chi connectivity index (χ0) is 12.2. The molecule has 1 heterocycles. The molecule has 17 heavy (non-hydrogen) atoms. The Kier molecular flexibility index (Phi) is 1.85. The molecule has 0 atom stereocenters. The van der Waals surface area contributed by atoms with Crippen molar-refractivity contribution in [2.75, 3.05) is 6.67 Å². The lowest BCUT2D eigenvalue weighted by Crippen LogP contribution is -2.45. The lowest BCUT2D eigenvalue weighted by molar-refractivity contribution is 0.0896. The van der Waals surface area contributed by atoms with E-state index in [4.69, 9.17) is 0 Å². The van der Waals surface area contributed by atoms with Crippen molar-refractivity contribution in [1.29, 1.82) is 0 Å². The molecule has 0 saturated carbocycles. The highest BCUT2D eigenvalue weighted by Gasteiger charge is 2.27. The van der Waals surface area contributed by atoms with E-state index in [1.807, 2.05) is 12.1 Å². The summed E-state index contributed by atoms with van der Waals surface area (Å²) < 4.78 is 12.7. The number of carbonyl (C=O) groups is 1. The van der Waals surface area contributed by atoms with Crippen LogP contribution in [-0.2, 0) is 0 Å². The first-order valence-electron chi connectivity index (χ1n) is 5.43. The molecule has 0 spiro atoms. The number of hydrogen-bond donors (Lipinski definition) is 2. The summed E-state index contributed by atoms with van der Waals surface area (Å²) >= 11 is 0. The second-order valence-corrected chi connectivity index (χ2v) is 4.99. The molecule has 1 amide bonds. The van der Waals surface area contributed by atoms with Crippen LogP contribution in [0.5, 0.6) is 0 Å². The lowest BCUT2D eigenvalue weighted by Gasteiger charge is -2.21. The van der Waals surface area contributed by atoms with Crippen LogP contribution < -0.4 is 5.32 Å². The van der Waals surface area contributed by atoms with Gasteiger partial charge >= 0.3 is 0 Å². The van der Waals surface area contributed by atoms with E-state index in [1.165, 1.54) is 0 Å². The molecule has 88 valence electrons. The molecule has 2 aliphatic carbocycles. The maximum absolute atomic E-state index is 12.7. The first-order chi connectivity index (χ1) is 8.02. The molecule has 0 aliphatic heterocycles. The molecule has 0 aromatic carbocycles. The second-order valence-electron chi connectivity index (χ2n) is 4.99. The number of carbonyl (C=O) groups excluding carboxylic acids is 1. The van der Waals surface area contributed by atoms with Crippen LogP contribution >= 0.6 is 0 Å². The van der Waals surface area contributed by atoms with E-state index < -0.39 is 12.2 Å². The Morgan fingerprint density at radius 3 is 3.00 bits per heavy atom. The van der Waals surface area contributed by atoms with Crippen molar-refractivity contribution in [2.24, 2.45) is 0 Å².